The molecule has 0 aromatic heterocycles. The van der Waals surface area contributed by atoms with Gasteiger partial charge in [-0.15, -0.1) is 0 Å². The van der Waals surface area contributed by atoms with Crippen LogP contribution in [0.15, 0.2) is 29.4 Å². The minimum Gasteiger partial charge on any atom is -0.411 e. The molecule has 0 saturated carbocycles. The molecule has 1 aromatic carbocycles. The summed E-state index contributed by atoms with van der Waals surface area (Å²) in [4.78, 5) is 0. The van der Waals surface area contributed by atoms with Gasteiger partial charge in [-0.3, -0.25) is 0 Å². The third-order valence-electron chi connectivity index (χ3n) is 2.13. The van der Waals surface area contributed by atoms with Crippen molar-refractivity contribution in [3.05, 3.63) is 29.8 Å². The maximum atomic E-state index is 8.83. The highest BCUT2D eigenvalue weighted by Crippen LogP contribution is 2.10. The number of hydrogen-bond acceptors (Lipinski definition) is 3. The van der Waals surface area contributed by atoms with E-state index in [4.69, 9.17) is 10.9 Å². The van der Waals surface area contributed by atoms with Gasteiger partial charge in [-0.1, -0.05) is 30.6 Å². The fraction of sp³-hybridized carbons (Fsp3) is 0.364. The van der Waals surface area contributed by atoms with E-state index in [9.17, 15) is 0 Å². The van der Waals surface area contributed by atoms with Gasteiger partial charge in [-0.25, -0.2) is 0 Å². The third kappa shape index (κ3) is 2.76. The summed E-state index contributed by atoms with van der Waals surface area (Å²) in [6.07, 6.45) is 2.93. The summed E-state index contributed by atoms with van der Waals surface area (Å²) >= 11 is 0. The number of anilines is 1. The monoisotopic (exact) mass is 192 g/mol. The van der Waals surface area contributed by atoms with Gasteiger partial charge in [0.15, 0.2) is 0 Å². The first-order valence-corrected chi connectivity index (χ1v) is 4.84. The number of unbranched alkanes of at least 4 members (excludes halogenated alkanes) is 1. The zero-order chi connectivity index (χ0) is 10.4. The van der Waals surface area contributed by atoms with Crippen LogP contribution in [-0.2, 0) is 0 Å². The molecule has 0 radical (unpaired) electrons. The normalized spacial score (nSPS) is 11.6. The van der Waals surface area contributed by atoms with E-state index in [2.05, 4.69) is 12.1 Å². The molecular weight excluding hydrogens is 176 g/mol. The lowest BCUT2D eigenvalue weighted by Gasteiger charge is -2.03. The van der Waals surface area contributed by atoms with Crippen LogP contribution in [0.4, 0.5) is 5.69 Å². The molecule has 0 atom stereocenters. The molecule has 3 nitrogen and oxygen atoms in total. The molecule has 0 bridgehead atoms. The van der Waals surface area contributed by atoms with Gasteiger partial charge in [-0.2, -0.15) is 0 Å². The SMILES string of the molecule is CCCCC(=NO)c1ccc(N)cc1. The van der Waals surface area contributed by atoms with Crippen LogP contribution in [0.25, 0.3) is 0 Å². The van der Waals surface area contributed by atoms with Crippen molar-refractivity contribution < 1.29 is 5.21 Å². The number of oxime groups is 1. The average molecular weight is 192 g/mol. The zero-order valence-electron chi connectivity index (χ0n) is 8.40. The van der Waals surface area contributed by atoms with Crippen LogP contribution in [0.3, 0.4) is 0 Å². The highest BCUT2D eigenvalue weighted by Gasteiger charge is 2.02. The van der Waals surface area contributed by atoms with Crippen molar-refractivity contribution in [1.82, 2.24) is 0 Å². The van der Waals surface area contributed by atoms with Crippen LogP contribution in [0, 0.1) is 0 Å². The standard InChI is InChI=1S/C11H16N2O/c1-2-3-4-11(13-14)9-5-7-10(12)8-6-9/h5-8,14H,2-4,12H2,1H3. The van der Waals surface area contributed by atoms with Crippen LogP contribution in [0.2, 0.25) is 0 Å². The minimum absolute atomic E-state index is 0.724. The van der Waals surface area contributed by atoms with Gasteiger partial charge in [-0.05, 0) is 30.5 Å². The predicted molar refractivity (Wildman–Crippen MR) is 58.7 cm³/mol. The third-order valence-corrected chi connectivity index (χ3v) is 2.13. The molecule has 0 aliphatic rings. The average Bonchev–Trinajstić information content (AvgIpc) is 2.21. The van der Waals surface area contributed by atoms with E-state index in [0.717, 1.165) is 36.2 Å². The van der Waals surface area contributed by atoms with Gasteiger partial charge in [0.1, 0.15) is 0 Å². The van der Waals surface area contributed by atoms with Crippen molar-refractivity contribution in [2.75, 3.05) is 5.73 Å². The lowest BCUT2D eigenvalue weighted by molar-refractivity contribution is 0.318. The summed E-state index contributed by atoms with van der Waals surface area (Å²) in [5.74, 6) is 0. The van der Waals surface area contributed by atoms with Crippen LogP contribution in [0.1, 0.15) is 31.7 Å². The van der Waals surface area contributed by atoms with Crippen LogP contribution in [-0.4, -0.2) is 10.9 Å². The Bertz CT molecular complexity index is 304. The molecule has 76 valence electrons. The molecule has 0 heterocycles. The van der Waals surface area contributed by atoms with Crippen molar-refractivity contribution >= 4 is 11.4 Å². The molecule has 1 aromatic rings. The predicted octanol–water partition coefficient (Wildman–Crippen LogP) is 2.64. The van der Waals surface area contributed by atoms with Gasteiger partial charge in [0, 0.05) is 5.69 Å². The molecule has 1 rings (SSSR count). The van der Waals surface area contributed by atoms with Crippen molar-refractivity contribution in [3.63, 3.8) is 0 Å². The number of nitrogens with zero attached hydrogens (tertiary/aromatic N) is 1. The second kappa shape index (κ2) is 5.27. The van der Waals surface area contributed by atoms with E-state index < -0.39 is 0 Å². The molecule has 0 amide bonds. The van der Waals surface area contributed by atoms with Gasteiger partial charge >= 0.3 is 0 Å². The zero-order valence-corrected chi connectivity index (χ0v) is 8.40. The smallest absolute Gasteiger partial charge is 0.0867 e. The second-order valence-electron chi connectivity index (χ2n) is 3.27. The van der Waals surface area contributed by atoms with Gasteiger partial charge < -0.3 is 10.9 Å². The van der Waals surface area contributed by atoms with E-state index in [0.29, 0.717) is 0 Å². The Morgan fingerprint density at radius 3 is 2.50 bits per heavy atom. The maximum Gasteiger partial charge on any atom is 0.0867 e. The Kier molecular flexibility index (Phi) is 3.98. The van der Waals surface area contributed by atoms with E-state index in [1.807, 2.05) is 24.3 Å². The topological polar surface area (TPSA) is 58.6 Å². The molecule has 0 aliphatic carbocycles. The first-order chi connectivity index (χ1) is 6.77. The fourth-order valence-electron chi connectivity index (χ4n) is 1.27. The first-order valence-electron chi connectivity index (χ1n) is 4.84. The quantitative estimate of drug-likeness (QED) is 0.333. The van der Waals surface area contributed by atoms with Crippen molar-refractivity contribution in [1.29, 1.82) is 0 Å². The van der Waals surface area contributed by atoms with E-state index in [-0.39, 0.29) is 0 Å². The highest BCUT2D eigenvalue weighted by molar-refractivity contribution is 6.00. The lowest BCUT2D eigenvalue weighted by atomic mass is 10.0. The minimum atomic E-state index is 0.724. The molecule has 0 saturated heterocycles. The largest absolute Gasteiger partial charge is 0.411 e. The summed E-state index contributed by atoms with van der Waals surface area (Å²) in [5.41, 5.74) is 7.96. The van der Waals surface area contributed by atoms with Crippen molar-refractivity contribution in [2.24, 2.45) is 5.16 Å². The van der Waals surface area contributed by atoms with E-state index in [1.165, 1.54) is 0 Å². The number of rotatable bonds is 4. The van der Waals surface area contributed by atoms with Crippen molar-refractivity contribution in [2.45, 2.75) is 26.2 Å². The summed E-state index contributed by atoms with van der Waals surface area (Å²) < 4.78 is 0. The molecular formula is C11H16N2O. The molecule has 14 heavy (non-hydrogen) atoms. The van der Waals surface area contributed by atoms with Crippen LogP contribution in [0.5, 0.6) is 0 Å². The molecule has 0 spiro atoms. The summed E-state index contributed by atoms with van der Waals surface area (Å²) in [6, 6.07) is 7.37. The maximum absolute atomic E-state index is 8.83. The Balaban J connectivity index is 2.75. The Labute approximate surface area is 84.2 Å². The fourth-order valence-corrected chi connectivity index (χ4v) is 1.27. The van der Waals surface area contributed by atoms with Gasteiger partial charge in [0.05, 0.1) is 5.71 Å². The van der Waals surface area contributed by atoms with E-state index in [1.54, 1.807) is 0 Å². The number of benzene rings is 1. The van der Waals surface area contributed by atoms with Crippen LogP contribution >= 0.6 is 0 Å². The molecule has 0 fully saturated rings. The number of nitrogens with two attached hydrogens (primary N) is 1. The molecule has 3 N–H and O–H groups in total. The van der Waals surface area contributed by atoms with Gasteiger partial charge in [0.2, 0.25) is 0 Å². The lowest BCUT2D eigenvalue weighted by Crippen LogP contribution is -2.01. The Morgan fingerprint density at radius 2 is 2.00 bits per heavy atom. The first kappa shape index (κ1) is 10.6. The van der Waals surface area contributed by atoms with E-state index >= 15 is 0 Å². The second-order valence-corrected chi connectivity index (χ2v) is 3.27. The van der Waals surface area contributed by atoms with Crippen molar-refractivity contribution in [3.8, 4) is 0 Å². The summed E-state index contributed by atoms with van der Waals surface area (Å²) in [5, 5.41) is 12.1. The summed E-state index contributed by atoms with van der Waals surface area (Å²) in [7, 11) is 0. The summed E-state index contributed by atoms with van der Waals surface area (Å²) in [6.45, 7) is 2.11. The number of hydrogen-bond donors (Lipinski definition) is 2. The van der Waals surface area contributed by atoms with Gasteiger partial charge in [0.25, 0.3) is 0 Å². The molecule has 0 unspecified atom stereocenters. The molecule has 0 aliphatic heterocycles. The Morgan fingerprint density at radius 1 is 1.36 bits per heavy atom. The Hall–Kier alpha value is -1.51. The number of nitrogen functional groups attached to an aromatic ring is 1. The highest BCUT2D eigenvalue weighted by atomic mass is 16.4. The molecule has 3 heteroatoms. The van der Waals surface area contributed by atoms with Crippen LogP contribution < -0.4 is 5.73 Å².